The molecule has 10 heteroatoms. The molecule has 2 aromatic heterocycles. The number of halogens is 1. The summed E-state index contributed by atoms with van der Waals surface area (Å²) in [4.78, 5) is 18.5. The van der Waals surface area contributed by atoms with E-state index in [1.54, 1.807) is 28.8 Å². The first-order chi connectivity index (χ1) is 13.9. The monoisotopic (exact) mass is 473 g/mol. The second kappa shape index (κ2) is 9.03. The quantitative estimate of drug-likeness (QED) is 0.669. The van der Waals surface area contributed by atoms with E-state index in [1.165, 1.54) is 20.5 Å². The Morgan fingerprint density at radius 1 is 1.14 bits per heavy atom. The minimum atomic E-state index is -3.49. The van der Waals surface area contributed by atoms with Crippen molar-refractivity contribution in [1.29, 1.82) is 0 Å². The number of rotatable bonds is 5. The van der Waals surface area contributed by atoms with Crippen molar-refractivity contribution in [1.82, 2.24) is 14.1 Å². The van der Waals surface area contributed by atoms with Crippen molar-refractivity contribution >= 4 is 50.2 Å². The molecule has 0 aromatic carbocycles. The predicted octanol–water partition coefficient (Wildman–Crippen LogP) is 3.21. The summed E-state index contributed by atoms with van der Waals surface area (Å²) in [6.07, 6.45) is 1.48. The zero-order chi connectivity index (χ0) is 20.4. The lowest BCUT2D eigenvalue weighted by molar-refractivity contribution is -0.138. The molecule has 2 aliphatic heterocycles. The molecule has 0 spiro atoms. The molecule has 0 radical (unpaired) electrons. The average molecular weight is 474 g/mol. The van der Waals surface area contributed by atoms with Gasteiger partial charge in [-0.15, -0.1) is 22.7 Å². The molecule has 1 unspecified atom stereocenters. The lowest BCUT2D eigenvalue weighted by Crippen LogP contribution is -2.52. The second-order valence-corrected chi connectivity index (χ2v) is 12.4. The smallest absolute Gasteiger partial charge is 0.252 e. The number of nitrogens with zero attached hydrogens (tertiary/aromatic N) is 3. The zero-order valence-electron chi connectivity index (χ0n) is 16.0. The molecule has 2 saturated heterocycles. The van der Waals surface area contributed by atoms with E-state index in [0.717, 1.165) is 36.8 Å². The van der Waals surface area contributed by atoms with Gasteiger partial charge >= 0.3 is 0 Å². The van der Waals surface area contributed by atoms with Crippen LogP contribution < -0.4 is 0 Å². The normalized spacial score (nSPS) is 22.1. The van der Waals surface area contributed by atoms with Crippen molar-refractivity contribution in [3.8, 4) is 0 Å². The van der Waals surface area contributed by atoms with Gasteiger partial charge in [0.25, 0.3) is 10.0 Å². The number of carbonyl (C=O) groups excluding carboxylic acids is 1. The number of piperidine rings is 1. The van der Waals surface area contributed by atoms with Crippen molar-refractivity contribution in [2.75, 3.05) is 39.3 Å². The first-order valence-corrected chi connectivity index (χ1v) is 13.2. The van der Waals surface area contributed by atoms with Gasteiger partial charge in [0, 0.05) is 50.7 Å². The first kappa shape index (κ1) is 21.3. The Labute approximate surface area is 184 Å². The van der Waals surface area contributed by atoms with E-state index in [0.29, 0.717) is 23.8 Å². The van der Waals surface area contributed by atoms with E-state index in [9.17, 15) is 13.2 Å². The SMILES string of the molecule is O=C(C1CCCN(S(=O)(=O)c2cccs2)C1)N1CCN(Cc2ccc(Cl)s2)CC1. The van der Waals surface area contributed by atoms with E-state index in [2.05, 4.69) is 11.0 Å². The van der Waals surface area contributed by atoms with Gasteiger partial charge in [-0.3, -0.25) is 9.69 Å². The van der Waals surface area contributed by atoms with E-state index in [-0.39, 0.29) is 18.4 Å². The van der Waals surface area contributed by atoms with Crippen LogP contribution in [0.4, 0.5) is 0 Å². The van der Waals surface area contributed by atoms with E-state index in [1.807, 2.05) is 11.0 Å². The van der Waals surface area contributed by atoms with Gasteiger partial charge in [0.2, 0.25) is 5.91 Å². The van der Waals surface area contributed by atoms with Crippen LogP contribution in [-0.2, 0) is 21.4 Å². The van der Waals surface area contributed by atoms with Gasteiger partial charge in [-0.1, -0.05) is 17.7 Å². The summed E-state index contributed by atoms with van der Waals surface area (Å²) >= 11 is 8.83. The maximum Gasteiger partial charge on any atom is 0.252 e. The van der Waals surface area contributed by atoms with E-state index >= 15 is 0 Å². The van der Waals surface area contributed by atoms with Crippen LogP contribution in [0.15, 0.2) is 33.9 Å². The van der Waals surface area contributed by atoms with Crippen LogP contribution in [0.25, 0.3) is 0 Å². The molecule has 0 saturated carbocycles. The van der Waals surface area contributed by atoms with Crippen molar-refractivity contribution < 1.29 is 13.2 Å². The van der Waals surface area contributed by atoms with Crippen LogP contribution in [0.5, 0.6) is 0 Å². The number of piperazine rings is 1. The molecular formula is C19H24ClN3O3S3. The highest BCUT2D eigenvalue weighted by molar-refractivity contribution is 7.91. The van der Waals surface area contributed by atoms with Gasteiger partial charge < -0.3 is 4.90 Å². The van der Waals surface area contributed by atoms with Crippen LogP contribution in [0.2, 0.25) is 4.34 Å². The van der Waals surface area contributed by atoms with Gasteiger partial charge in [0.05, 0.1) is 10.3 Å². The third-order valence-electron chi connectivity index (χ3n) is 5.51. The Bertz CT molecular complexity index is 937. The lowest BCUT2D eigenvalue weighted by Gasteiger charge is -2.38. The summed E-state index contributed by atoms with van der Waals surface area (Å²) in [5.74, 6) is -0.156. The van der Waals surface area contributed by atoms with Gasteiger partial charge in [-0.05, 0) is 36.4 Å². The van der Waals surface area contributed by atoms with Crippen molar-refractivity contribution in [2.45, 2.75) is 23.6 Å². The molecule has 2 aromatic rings. The maximum atomic E-state index is 13.1. The topological polar surface area (TPSA) is 60.9 Å². The van der Waals surface area contributed by atoms with Crippen molar-refractivity contribution in [2.24, 2.45) is 5.92 Å². The Hall–Kier alpha value is -0.970. The second-order valence-electron chi connectivity index (χ2n) is 7.44. The molecule has 4 heterocycles. The third-order valence-corrected chi connectivity index (χ3v) is 9.97. The number of amides is 1. The molecule has 4 rings (SSSR count). The van der Waals surface area contributed by atoms with Gasteiger partial charge in [0.15, 0.2) is 0 Å². The minimum Gasteiger partial charge on any atom is -0.340 e. The molecule has 0 N–H and O–H groups in total. The summed E-state index contributed by atoms with van der Waals surface area (Å²) in [6, 6.07) is 7.34. The van der Waals surface area contributed by atoms with Gasteiger partial charge in [-0.25, -0.2) is 8.42 Å². The highest BCUT2D eigenvalue weighted by Gasteiger charge is 2.36. The summed E-state index contributed by atoms with van der Waals surface area (Å²) in [5.41, 5.74) is 0. The van der Waals surface area contributed by atoms with E-state index < -0.39 is 10.0 Å². The van der Waals surface area contributed by atoms with Crippen molar-refractivity contribution in [3.05, 3.63) is 38.9 Å². The first-order valence-electron chi connectivity index (χ1n) is 9.72. The minimum absolute atomic E-state index is 0.0925. The fraction of sp³-hybridized carbons (Fsp3) is 0.526. The van der Waals surface area contributed by atoms with Crippen LogP contribution in [0.1, 0.15) is 17.7 Å². The fourth-order valence-corrected chi connectivity index (χ4v) is 7.74. The summed E-state index contributed by atoms with van der Waals surface area (Å²) in [7, 11) is -3.49. The Kier molecular flexibility index (Phi) is 6.62. The van der Waals surface area contributed by atoms with Crippen LogP contribution >= 0.6 is 34.3 Å². The average Bonchev–Trinajstić information content (AvgIpc) is 3.41. The number of sulfonamides is 1. The highest BCUT2D eigenvalue weighted by Crippen LogP contribution is 2.28. The Balaban J connectivity index is 1.33. The third kappa shape index (κ3) is 4.86. The lowest BCUT2D eigenvalue weighted by atomic mass is 9.98. The molecule has 6 nitrogen and oxygen atoms in total. The molecule has 2 aliphatic rings. The molecule has 0 aliphatic carbocycles. The molecule has 158 valence electrons. The van der Waals surface area contributed by atoms with E-state index in [4.69, 9.17) is 11.6 Å². The summed E-state index contributed by atoms with van der Waals surface area (Å²) < 4.78 is 28.3. The largest absolute Gasteiger partial charge is 0.340 e. The molecular weight excluding hydrogens is 450 g/mol. The van der Waals surface area contributed by atoms with Gasteiger partial charge in [0.1, 0.15) is 4.21 Å². The Morgan fingerprint density at radius 2 is 1.93 bits per heavy atom. The number of hydrogen-bond acceptors (Lipinski definition) is 6. The Morgan fingerprint density at radius 3 is 2.59 bits per heavy atom. The maximum absolute atomic E-state index is 13.1. The predicted molar refractivity (Wildman–Crippen MR) is 117 cm³/mol. The molecule has 2 fully saturated rings. The zero-order valence-corrected chi connectivity index (χ0v) is 19.2. The summed E-state index contributed by atoms with van der Waals surface area (Å²) in [6.45, 7) is 4.65. The number of thiophene rings is 2. The van der Waals surface area contributed by atoms with Crippen molar-refractivity contribution in [3.63, 3.8) is 0 Å². The highest BCUT2D eigenvalue weighted by atomic mass is 35.5. The fourth-order valence-electron chi connectivity index (χ4n) is 3.94. The molecule has 1 amide bonds. The molecule has 1 atom stereocenters. The van der Waals surface area contributed by atoms with Crippen LogP contribution in [-0.4, -0.2) is 67.7 Å². The molecule has 0 bridgehead atoms. The van der Waals surface area contributed by atoms with Gasteiger partial charge in [-0.2, -0.15) is 4.31 Å². The van der Waals surface area contributed by atoms with Crippen LogP contribution in [0.3, 0.4) is 0 Å². The number of hydrogen-bond donors (Lipinski definition) is 0. The molecule has 29 heavy (non-hydrogen) atoms. The van der Waals surface area contributed by atoms with Crippen LogP contribution in [0, 0.1) is 5.92 Å². The number of carbonyl (C=O) groups is 1. The standard InChI is InChI=1S/C19H24ClN3O3S3/c20-17-6-5-16(28-17)14-21-8-10-22(11-9-21)19(24)15-3-1-7-23(13-15)29(25,26)18-4-2-12-27-18/h2,4-6,12,15H,1,3,7-11,13-14H2. The summed E-state index contributed by atoms with van der Waals surface area (Å²) in [5, 5.41) is 1.77.